The van der Waals surface area contributed by atoms with Crippen molar-refractivity contribution in [3.63, 3.8) is 0 Å². The predicted octanol–water partition coefficient (Wildman–Crippen LogP) is 4.63. The number of ether oxygens (including phenoxy) is 4. The number of carbonyl (C=O) groups is 2. The van der Waals surface area contributed by atoms with Gasteiger partial charge in [-0.3, -0.25) is 0 Å². The van der Waals surface area contributed by atoms with Gasteiger partial charge in [-0.2, -0.15) is 0 Å². The van der Waals surface area contributed by atoms with Crippen molar-refractivity contribution in [2.75, 3.05) is 6.79 Å². The smallest absolute Gasteiger partial charge is 0.363 e. The summed E-state index contributed by atoms with van der Waals surface area (Å²) in [4.78, 5) is 29.2. The van der Waals surface area contributed by atoms with Crippen LogP contribution < -0.4 is 14.2 Å². The first kappa shape index (κ1) is 19.8. The van der Waals surface area contributed by atoms with E-state index in [-0.39, 0.29) is 24.1 Å². The summed E-state index contributed by atoms with van der Waals surface area (Å²) in [6.45, 7) is 0.141. The molecule has 0 atom stereocenters. The summed E-state index contributed by atoms with van der Waals surface area (Å²) in [7, 11) is 0. The first-order valence-corrected chi connectivity index (χ1v) is 9.94. The highest BCUT2D eigenvalue weighted by Gasteiger charge is 2.26. The average Bonchev–Trinajstić information content (AvgIpc) is 3.41. The van der Waals surface area contributed by atoms with Crippen molar-refractivity contribution in [2.24, 2.45) is 4.99 Å². The first-order valence-electron chi connectivity index (χ1n) is 9.56. The minimum atomic E-state index is -0.614. The number of halogens is 1. The average molecular weight is 448 g/mol. The van der Waals surface area contributed by atoms with Gasteiger partial charge in [0.25, 0.3) is 0 Å². The number of para-hydroxylation sites is 1. The first-order chi connectivity index (χ1) is 15.6. The molecule has 0 saturated carbocycles. The van der Waals surface area contributed by atoms with E-state index in [0.717, 1.165) is 0 Å². The minimum Gasteiger partial charge on any atom is -0.454 e. The molecule has 7 nitrogen and oxygen atoms in total. The fourth-order valence-corrected chi connectivity index (χ4v) is 3.27. The molecule has 0 bridgehead atoms. The molecule has 32 heavy (non-hydrogen) atoms. The Bertz CT molecular complexity index is 1300. The summed E-state index contributed by atoms with van der Waals surface area (Å²) in [6.07, 6.45) is 1.51. The van der Waals surface area contributed by atoms with Crippen molar-refractivity contribution in [1.29, 1.82) is 0 Å². The zero-order valence-electron chi connectivity index (χ0n) is 16.4. The lowest BCUT2D eigenvalue weighted by Gasteiger charge is -2.07. The van der Waals surface area contributed by atoms with E-state index in [2.05, 4.69) is 4.99 Å². The summed E-state index contributed by atoms with van der Waals surface area (Å²) < 4.78 is 21.5. The highest BCUT2D eigenvalue weighted by atomic mass is 35.5. The van der Waals surface area contributed by atoms with Crippen LogP contribution >= 0.6 is 11.6 Å². The van der Waals surface area contributed by atoms with Crippen molar-refractivity contribution in [3.05, 3.63) is 94.1 Å². The highest BCUT2D eigenvalue weighted by molar-refractivity contribution is 6.30. The van der Waals surface area contributed by atoms with Crippen LogP contribution in [0, 0.1) is 0 Å². The van der Waals surface area contributed by atoms with Crippen molar-refractivity contribution < 1.29 is 28.5 Å². The predicted molar refractivity (Wildman–Crippen MR) is 116 cm³/mol. The number of hydrogen-bond donors (Lipinski definition) is 0. The lowest BCUT2D eigenvalue weighted by molar-refractivity contribution is -0.129. The Kier molecular flexibility index (Phi) is 5.09. The molecule has 3 aromatic rings. The number of nitrogens with zero attached hydrogens (tertiary/aromatic N) is 1. The summed E-state index contributed by atoms with van der Waals surface area (Å²) in [5.74, 6) is 0.432. The summed E-state index contributed by atoms with van der Waals surface area (Å²) in [5, 5.41) is 0.516. The number of rotatable bonds is 4. The Balaban J connectivity index is 1.42. The van der Waals surface area contributed by atoms with Crippen molar-refractivity contribution in [3.8, 4) is 17.2 Å². The van der Waals surface area contributed by atoms with Gasteiger partial charge in [0, 0.05) is 16.1 Å². The van der Waals surface area contributed by atoms with Crippen LogP contribution in [0.15, 0.2) is 77.4 Å². The van der Waals surface area contributed by atoms with Gasteiger partial charge in [-0.1, -0.05) is 29.8 Å². The van der Waals surface area contributed by atoms with E-state index in [1.165, 1.54) is 6.08 Å². The third-order valence-electron chi connectivity index (χ3n) is 4.73. The van der Waals surface area contributed by atoms with Crippen LogP contribution in [0.3, 0.4) is 0 Å². The van der Waals surface area contributed by atoms with E-state index in [4.69, 9.17) is 30.5 Å². The highest BCUT2D eigenvalue weighted by Crippen LogP contribution is 2.34. The standard InChI is InChI=1S/C24H14ClNO6/c25-17-8-5-14(6-9-17)23(27)31-19-4-2-1-3-15(19)11-18-24(28)32-22(26-18)16-7-10-20-21(12-16)30-13-29-20/h1-12H,13H2/b18-11+. The number of benzene rings is 3. The van der Waals surface area contributed by atoms with Crippen LogP contribution in [-0.4, -0.2) is 24.6 Å². The van der Waals surface area contributed by atoms with E-state index < -0.39 is 11.9 Å². The zero-order valence-corrected chi connectivity index (χ0v) is 17.2. The van der Waals surface area contributed by atoms with Crippen LogP contribution in [0.25, 0.3) is 6.08 Å². The van der Waals surface area contributed by atoms with Gasteiger partial charge in [0.2, 0.25) is 12.7 Å². The van der Waals surface area contributed by atoms with E-state index in [9.17, 15) is 9.59 Å². The molecule has 0 aliphatic carbocycles. The maximum absolute atomic E-state index is 12.5. The number of carbonyl (C=O) groups excluding carboxylic acids is 2. The SMILES string of the molecule is O=C1OC(c2ccc3c(c2)OCO3)=N/C1=C/c1ccccc1OC(=O)c1ccc(Cl)cc1. The Labute approximate surface area is 187 Å². The fourth-order valence-electron chi connectivity index (χ4n) is 3.15. The monoisotopic (exact) mass is 447 g/mol. The van der Waals surface area contributed by atoms with Gasteiger partial charge in [0.05, 0.1) is 5.56 Å². The molecule has 0 amide bonds. The molecule has 2 aliphatic rings. The fraction of sp³-hybridized carbons (Fsp3) is 0.0417. The Morgan fingerprint density at radius 1 is 1.00 bits per heavy atom. The van der Waals surface area contributed by atoms with E-state index in [0.29, 0.717) is 33.2 Å². The number of esters is 2. The Morgan fingerprint density at radius 2 is 1.78 bits per heavy atom. The molecule has 5 rings (SSSR count). The molecule has 0 saturated heterocycles. The molecule has 158 valence electrons. The van der Waals surface area contributed by atoms with Crippen molar-refractivity contribution in [2.45, 2.75) is 0 Å². The Hall–Kier alpha value is -4.10. The molecule has 3 aromatic carbocycles. The number of aliphatic imine (C=N–C) groups is 1. The maximum atomic E-state index is 12.5. The Morgan fingerprint density at radius 3 is 2.62 bits per heavy atom. The van der Waals surface area contributed by atoms with E-state index in [1.807, 2.05) is 0 Å². The summed E-state index contributed by atoms with van der Waals surface area (Å²) in [5.41, 5.74) is 1.50. The van der Waals surface area contributed by atoms with Crippen LogP contribution in [0.5, 0.6) is 17.2 Å². The van der Waals surface area contributed by atoms with Gasteiger partial charge in [-0.05, 0) is 54.6 Å². The number of cyclic esters (lactones) is 1. The molecule has 0 aromatic heterocycles. The van der Waals surface area contributed by atoms with Crippen LogP contribution in [-0.2, 0) is 9.53 Å². The van der Waals surface area contributed by atoms with Crippen LogP contribution in [0.4, 0.5) is 0 Å². The van der Waals surface area contributed by atoms with E-state index >= 15 is 0 Å². The number of hydrogen-bond acceptors (Lipinski definition) is 7. The molecule has 0 N–H and O–H groups in total. The molecular weight excluding hydrogens is 434 g/mol. The zero-order chi connectivity index (χ0) is 22.1. The molecule has 0 fully saturated rings. The summed E-state index contributed by atoms with van der Waals surface area (Å²) >= 11 is 5.87. The van der Waals surface area contributed by atoms with Crippen LogP contribution in [0.2, 0.25) is 5.02 Å². The third-order valence-corrected chi connectivity index (χ3v) is 4.99. The van der Waals surface area contributed by atoms with Crippen molar-refractivity contribution >= 4 is 35.5 Å². The molecule has 0 spiro atoms. The molecule has 8 heteroatoms. The molecule has 0 unspecified atom stereocenters. The van der Waals surface area contributed by atoms with Gasteiger partial charge < -0.3 is 18.9 Å². The van der Waals surface area contributed by atoms with E-state index in [1.54, 1.807) is 66.7 Å². The maximum Gasteiger partial charge on any atom is 0.363 e. The second-order valence-electron chi connectivity index (χ2n) is 6.84. The second-order valence-corrected chi connectivity index (χ2v) is 7.27. The third kappa shape index (κ3) is 3.93. The lowest BCUT2D eigenvalue weighted by atomic mass is 10.1. The van der Waals surface area contributed by atoms with Gasteiger partial charge >= 0.3 is 11.9 Å². The molecule has 0 radical (unpaired) electrons. The van der Waals surface area contributed by atoms with Crippen molar-refractivity contribution in [1.82, 2.24) is 0 Å². The number of fused-ring (bicyclic) bond motifs is 1. The second kappa shape index (κ2) is 8.20. The van der Waals surface area contributed by atoms with Gasteiger partial charge in [-0.25, -0.2) is 14.6 Å². The largest absolute Gasteiger partial charge is 0.454 e. The van der Waals surface area contributed by atoms with Gasteiger partial charge in [0.15, 0.2) is 17.2 Å². The normalized spacial score (nSPS) is 15.5. The topological polar surface area (TPSA) is 83.4 Å². The van der Waals surface area contributed by atoms with Crippen LogP contribution in [0.1, 0.15) is 21.5 Å². The molecular formula is C24H14ClNO6. The lowest BCUT2D eigenvalue weighted by Crippen LogP contribution is -2.09. The van der Waals surface area contributed by atoms with Gasteiger partial charge in [0.1, 0.15) is 5.75 Å². The molecule has 2 heterocycles. The quantitative estimate of drug-likeness (QED) is 0.329. The summed E-state index contributed by atoms with van der Waals surface area (Å²) in [6, 6.07) is 18.3. The van der Waals surface area contributed by atoms with Gasteiger partial charge in [-0.15, -0.1) is 0 Å². The minimum absolute atomic E-state index is 0.0765. The molecule has 2 aliphatic heterocycles.